The standard InChI is InChI=1S/C20H32O4Si2/c1-25(2,3)11-19(23)15-9-7-14(18(19)22)13-8-10-16(21)20(24,17(13)15)12-26(4,5)6/h7-10,13-15,17,23-24H,11-12H2,1-6H3/t13-,14+,15-,17-,19+,20-/m0/s1. The summed E-state index contributed by atoms with van der Waals surface area (Å²) < 4.78 is 0. The maximum absolute atomic E-state index is 13.1. The number of carbonyl (C=O) groups excluding carboxylic acids is 2. The average molecular weight is 393 g/mol. The van der Waals surface area contributed by atoms with Crippen LogP contribution in [0.25, 0.3) is 0 Å². The van der Waals surface area contributed by atoms with E-state index < -0.39 is 45.1 Å². The van der Waals surface area contributed by atoms with Gasteiger partial charge in [-0.05, 0) is 24.1 Å². The third-order valence-corrected chi connectivity index (χ3v) is 9.27. The van der Waals surface area contributed by atoms with E-state index >= 15 is 0 Å². The second-order valence-electron chi connectivity index (χ2n) is 11.0. The lowest BCUT2D eigenvalue weighted by atomic mass is 9.50. The minimum atomic E-state index is -1.76. The molecule has 0 saturated heterocycles. The lowest BCUT2D eigenvalue weighted by Gasteiger charge is -2.58. The second-order valence-corrected chi connectivity index (χ2v) is 21.9. The summed E-state index contributed by atoms with van der Waals surface area (Å²) in [6.07, 6.45) is 7.08. The summed E-state index contributed by atoms with van der Waals surface area (Å²) in [5.74, 6) is -1.93. The van der Waals surface area contributed by atoms with Gasteiger partial charge in [-0.15, -0.1) is 0 Å². The summed E-state index contributed by atoms with van der Waals surface area (Å²) in [5, 5.41) is 23.1. The van der Waals surface area contributed by atoms with Crippen LogP contribution in [0.15, 0.2) is 24.3 Å². The Morgan fingerprint density at radius 3 is 1.96 bits per heavy atom. The van der Waals surface area contributed by atoms with Crippen molar-refractivity contribution in [2.75, 3.05) is 0 Å². The van der Waals surface area contributed by atoms with Crippen molar-refractivity contribution in [1.82, 2.24) is 0 Å². The van der Waals surface area contributed by atoms with E-state index in [1.807, 2.05) is 12.2 Å². The highest BCUT2D eigenvalue weighted by Crippen LogP contribution is 2.57. The minimum Gasteiger partial charge on any atom is -0.382 e. The molecule has 2 bridgehead atoms. The van der Waals surface area contributed by atoms with Gasteiger partial charge in [0, 0.05) is 33.9 Å². The molecule has 0 heterocycles. The first-order chi connectivity index (χ1) is 11.7. The summed E-state index contributed by atoms with van der Waals surface area (Å²) in [6, 6.07) is 0.924. The molecule has 6 atom stereocenters. The number of fused-ring (bicyclic) bond motifs is 1. The van der Waals surface area contributed by atoms with E-state index in [1.54, 1.807) is 6.08 Å². The molecule has 0 unspecified atom stereocenters. The van der Waals surface area contributed by atoms with Crippen LogP contribution in [0.4, 0.5) is 0 Å². The van der Waals surface area contributed by atoms with Crippen LogP contribution in [0.5, 0.6) is 0 Å². The molecule has 4 aliphatic carbocycles. The zero-order valence-electron chi connectivity index (χ0n) is 16.7. The predicted octanol–water partition coefficient (Wildman–Crippen LogP) is 2.88. The molecule has 144 valence electrons. The highest BCUT2D eigenvalue weighted by atomic mass is 28.3. The molecule has 0 aromatic carbocycles. The Kier molecular flexibility index (Phi) is 4.47. The maximum atomic E-state index is 13.1. The molecule has 1 fully saturated rings. The first-order valence-corrected chi connectivity index (χ1v) is 17.0. The highest BCUT2D eigenvalue weighted by molar-refractivity contribution is 6.77. The number of carbonyl (C=O) groups is 2. The molecule has 4 nitrogen and oxygen atoms in total. The zero-order chi connectivity index (χ0) is 19.7. The Bertz CT molecular complexity index is 700. The molecule has 0 aliphatic heterocycles. The smallest absolute Gasteiger partial charge is 0.186 e. The van der Waals surface area contributed by atoms with Gasteiger partial charge >= 0.3 is 0 Å². The summed E-state index contributed by atoms with van der Waals surface area (Å²) in [4.78, 5) is 26.0. The van der Waals surface area contributed by atoms with Gasteiger partial charge in [-0.1, -0.05) is 57.5 Å². The summed E-state index contributed by atoms with van der Waals surface area (Å²) in [6.45, 7) is 12.8. The largest absolute Gasteiger partial charge is 0.382 e. The van der Waals surface area contributed by atoms with Crippen molar-refractivity contribution in [3.05, 3.63) is 24.3 Å². The molecule has 0 aromatic rings. The number of allylic oxidation sites excluding steroid dienone is 2. The van der Waals surface area contributed by atoms with Crippen LogP contribution < -0.4 is 0 Å². The normalized spacial score (nSPS) is 42.3. The molecule has 0 radical (unpaired) electrons. The van der Waals surface area contributed by atoms with Gasteiger partial charge in [0.05, 0.1) is 0 Å². The number of aliphatic hydroxyl groups is 2. The van der Waals surface area contributed by atoms with E-state index in [0.717, 1.165) is 0 Å². The van der Waals surface area contributed by atoms with Gasteiger partial charge in [0.15, 0.2) is 11.6 Å². The van der Waals surface area contributed by atoms with Gasteiger partial charge in [0.25, 0.3) is 0 Å². The van der Waals surface area contributed by atoms with Crippen molar-refractivity contribution in [2.24, 2.45) is 23.7 Å². The minimum absolute atomic E-state index is 0.122. The quantitative estimate of drug-likeness (QED) is 0.570. The van der Waals surface area contributed by atoms with Gasteiger partial charge in [-0.2, -0.15) is 0 Å². The van der Waals surface area contributed by atoms with Crippen LogP contribution in [0.3, 0.4) is 0 Å². The molecular formula is C20H32O4Si2. The zero-order valence-corrected chi connectivity index (χ0v) is 18.7. The molecular weight excluding hydrogens is 360 g/mol. The Hall–Kier alpha value is -0.826. The number of hydrogen-bond acceptors (Lipinski definition) is 4. The Labute approximate surface area is 158 Å². The number of hydrogen-bond donors (Lipinski definition) is 2. The lowest BCUT2D eigenvalue weighted by Crippen LogP contribution is -2.69. The second kappa shape index (κ2) is 5.83. The van der Waals surface area contributed by atoms with E-state index in [1.165, 1.54) is 6.08 Å². The van der Waals surface area contributed by atoms with Crippen molar-refractivity contribution in [1.29, 1.82) is 0 Å². The van der Waals surface area contributed by atoms with Crippen molar-refractivity contribution in [3.63, 3.8) is 0 Å². The molecule has 1 saturated carbocycles. The monoisotopic (exact) mass is 392 g/mol. The van der Waals surface area contributed by atoms with Gasteiger partial charge in [0.1, 0.15) is 11.2 Å². The van der Waals surface area contributed by atoms with Gasteiger partial charge in [-0.3, -0.25) is 9.59 Å². The van der Waals surface area contributed by atoms with Crippen LogP contribution in [-0.4, -0.2) is 49.1 Å². The van der Waals surface area contributed by atoms with E-state index in [2.05, 4.69) is 39.3 Å². The SMILES string of the molecule is C[Si](C)(C)C[C@]1(O)C(=O)C=C[C@@H]2[C@H]1[C@@H]1C=C[C@H]2C(=O)[C@@]1(O)C[Si](C)(C)C. The van der Waals surface area contributed by atoms with Crippen LogP contribution in [-0.2, 0) is 9.59 Å². The average Bonchev–Trinajstić information content (AvgIpc) is 2.44. The number of ketones is 2. The van der Waals surface area contributed by atoms with E-state index in [9.17, 15) is 19.8 Å². The van der Waals surface area contributed by atoms with Crippen LogP contribution in [0.2, 0.25) is 51.4 Å². The Balaban J connectivity index is 2.11. The third kappa shape index (κ3) is 3.04. The van der Waals surface area contributed by atoms with Gasteiger partial charge in [0.2, 0.25) is 0 Å². The van der Waals surface area contributed by atoms with E-state index in [4.69, 9.17) is 0 Å². The number of rotatable bonds is 4. The topological polar surface area (TPSA) is 74.6 Å². The predicted molar refractivity (Wildman–Crippen MR) is 108 cm³/mol. The van der Waals surface area contributed by atoms with Gasteiger partial charge < -0.3 is 10.2 Å². The molecule has 0 amide bonds. The molecule has 26 heavy (non-hydrogen) atoms. The van der Waals surface area contributed by atoms with Crippen molar-refractivity contribution in [2.45, 2.75) is 62.6 Å². The fourth-order valence-electron chi connectivity index (χ4n) is 5.51. The Morgan fingerprint density at radius 2 is 1.42 bits per heavy atom. The highest BCUT2D eigenvalue weighted by Gasteiger charge is 2.66. The molecule has 6 heteroatoms. The molecule has 4 rings (SSSR count). The van der Waals surface area contributed by atoms with Crippen LogP contribution in [0, 0.1) is 23.7 Å². The summed E-state index contributed by atoms with van der Waals surface area (Å²) >= 11 is 0. The van der Waals surface area contributed by atoms with E-state index in [0.29, 0.717) is 12.1 Å². The Morgan fingerprint density at radius 1 is 0.885 bits per heavy atom. The summed E-state index contributed by atoms with van der Waals surface area (Å²) in [7, 11) is -3.50. The fraction of sp³-hybridized carbons (Fsp3) is 0.700. The summed E-state index contributed by atoms with van der Waals surface area (Å²) in [5.41, 5.74) is -2.93. The van der Waals surface area contributed by atoms with Gasteiger partial charge in [-0.25, -0.2) is 0 Å². The third-order valence-electron chi connectivity index (χ3n) is 6.07. The maximum Gasteiger partial charge on any atom is 0.186 e. The van der Waals surface area contributed by atoms with Crippen molar-refractivity contribution < 1.29 is 19.8 Å². The van der Waals surface area contributed by atoms with E-state index in [-0.39, 0.29) is 17.5 Å². The van der Waals surface area contributed by atoms with Crippen LogP contribution >= 0.6 is 0 Å². The molecule has 4 aliphatic rings. The fourth-order valence-corrected chi connectivity index (χ4v) is 9.56. The number of Topliss-reactive ketones (excluding diaryl/α,β-unsaturated/α-hetero) is 1. The molecule has 0 aromatic heterocycles. The first kappa shape index (κ1) is 19.9. The van der Waals surface area contributed by atoms with Crippen molar-refractivity contribution in [3.8, 4) is 0 Å². The first-order valence-electron chi connectivity index (χ1n) is 9.59. The lowest BCUT2D eigenvalue weighted by molar-refractivity contribution is -0.175. The van der Waals surface area contributed by atoms with Crippen molar-refractivity contribution >= 4 is 27.7 Å². The molecule has 2 N–H and O–H groups in total. The molecule has 0 spiro atoms. The van der Waals surface area contributed by atoms with Crippen LogP contribution in [0.1, 0.15) is 0 Å².